The quantitative estimate of drug-likeness (QED) is 0.00837. The van der Waals surface area contributed by atoms with Crippen LogP contribution in [0.15, 0.2) is 73.4 Å². The third-order valence-corrected chi connectivity index (χ3v) is 15.1. The molecule has 0 aromatic carbocycles. The summed E-state index contributed by atoms with van der Waals surface area (Å²) in [7, 11) is -12.3. The second-order valence-electron chi connectivity index (χ2n) is 21.3. The molecule has 8 aromatic heterocycles. The summed E-state index contributed by atoms with van der Waals surface area (Å²) < 4.78 is 85.9. The molecule has 0 unspecified atom stereocenters. The summed E-state index contributed by atoms with van der Waals surface area (Å²) in [5, 5.41) is 34.9. The number of nitrogens with two attached hydrogens (primary N) is 4. The highest BCUT2D eigenvalue weighted by Gasteiger charge is 2.38. The molecule has 8 heterocycles. The number of aromatic amines is 1. The number of carbonyl (C=O) groups is 4. The molecular weight excluding hydrogens is 1410 g/mol. The van der Waals surface area contributed by atoms with Crippen LogP contribution in [0.25, 0.3) is 44.7 Å². The van der Waals surface area contributed by atoms with Crippen molar-refractivity contribution in [3.05, 3.63) is 78.9 Å². The molecule has 8 aromatic rings. The summed E-state index contributed by atoms with van der Waals surface area (Å²) in [6, 6.07) is -0.263. The standard InChI is InChI=1S/C19H30N5O10P.C12H15N5O3.C9H14N5O4P.C8H12N5O4P.C4H4O4.H2O/c1-12(2)33-18(25)28-9-31-35(27,32-10-29-19(26)34-13(3)4)11-30-14(5)6-24-8-23-15-16(20)21-7-22-17(15)24;1-5-6(3-18)8(19)2-7(5)17-4-14-9-10(17)15-12(13)16-11(9)20;1-6(18-5-19(15,16)17)2-14-4-13-7-8(10)11-3-12-9(7)14;9-7-6-8(11-3-10-7)13(4-12-6)1-2-17-5-18(14,15)16;5-3(6)1-2-4(7)8;/h7-8,12-14H,6,9-11H2,1-5H3,(H2,20,21,22);4,6-8,18-19H,1-3H2,(H3,13,15,16,20);3-4,6H,2,5H2,1H3,(H2,10,11,12)(H2,15,16,17);3-4H,1-2,5H2,(H2,9,10,11)(H2,14,15,16);1-2H,(H,5,6)(H,7,8);1H2/b;;;;2-1+;/t14-;6-,7-,8-;6-;;;/m101.../s1. The zero-order valence-electron chi connectivity index (χ0n) is 54.6. The van der Waals surface area contributed by atoms with Crippen LogP contribution in [0, 0.1) is 5.92 Å². The number of anilines is 4. The van der Waals surface area contributed by atoms with Crippen molar-refractivity contribution in [3.8, 4) is 0 Å². The molecule has 46 nitrogen and oxygen atoms in total. The fourth-order valence-corrected chi connectivity index (χ4v) is 10.2. The molecular formula is C52H77N20O26P3. The minimum absolute atomic E-state index is 0. The molecule has 5 atom stereocenters. The van der Waals surface area contributed by atoms with Crippen molar-refractivity contribution in [1.29, 1.82) is 0 Å². The summed E-state index contributed by atoms with van der Waals surface area (Å²) in [5.41, 5.74) is 26.5. The summed E-state index contributed by atoms with van der Waals surface area (Å²) >= 11 is 0. The molecule has 0 bridgehead atoms. The summed E-state index contributed by atoms with van der Waals surface area (Å²) in [4.78, 5) is 135. The van der Waals surface area contributed by atoms with Gasteiger partial charge in [0.2, 0.25) is 19.5 Å². The highest BCUT2D eigenvalue weighted by Crippen LogP contribution is 2.48. The highest BCUT2D eigenvalue weighted by atomic mass is 31.2. The second kappa shape index (κ2) is 38.8. The monoisotopic (exact) mass is 1490 g/mol. The first-order valence-corrected chi connectivity index (χ1v) is 34.3. The van der Waals surface area contributed by atoms with Crippen LogP contribution >= 0.6 is 22.8 Å². The van der Waals surface area contributed by atoms with Crippen molar-refractivity contribution in [2.45, 2.75) is 104 Å². The van der Waals surface area contributed by atoms with Gasteiger partial charge in [-0.1, -0.05) is 6.58 Å². The van der Waals surface area contributed by atoms with E-state index in [9.17, 15) is 47.9 Å². The van der Waals surface area contributed by atoms with Crippen LogP contribution in [0.3, 0.4) is 0 Å². The fraction of sp³-hybridized carbons (Fsp3) is 0.462. The van der Waals surface area contributed by atoms with Crippen LogP contribution < -0.4 is 28.5 Å². The lowest BCUT2D eigenvalue weighted by Gasteiger charge is -2.21. The minimum Gasteiger partial charge on any atom is -0.478 e. The van der Waals surface area contributed by atoms with Crippen molar-refractivity contribution in [3.63, 3.8) is 0 Å². The van der Waals surface area contributed by atoms with Crippen LogP contribution in [-0.2, 0) is 85.1 Å². The molecule has 0 spiro atoms. The van der Waals surface area contributed by atoms with Gasteiger partial charge in [-0.2, -0.15) is 4.98 Å². The van der Waals surface area contributed by atoms with E-state index in [1.165, 1.54) is 44.3 Å². The van der Waals surface area contributed by atoms with Crippen LogP contribution in [0.2, 0.25) is 0 Å². The Morgan fingerprint density at radius 3 is 1.48 bits per heavy atom. The molecule has 49 heteroatoms. The zero-order chi connectivity index (χ0) is 74.2. The Morgan fingerprint density at radius 2 is 1.06 bits per heavy atom. The van der Waals surface area contributed by atoms with E-state index in [0.717, 1.165) is 0 Å². The van der Waals surface area contributed by atoms with Gasteiger partial charge < -0.3 is 120 Å². The predicted molar refractivity (Wildman–Crippen MR) is 350 cm³/mol. The van der Waals surface area contributed by atoms with E-state index in [0.29, 0.717) is 76.4 Å². The van der Waals surface area contributed by atoms with Gasteiger partial charge in [0, 0.05) is 24.6 Å². The number of hydrogen-bond donors (Lipinski definition) is 13. The van der Waals surface area contributed by atoms with Crippen LogP contribution in [0.5, 0.6) is 0 Å². The largest absolute Gasteiger partial charge is 0.510 e. The van der Waals surface area contributed by atoms with E-state index in [1.54, 1.807) is 59.8 Å². The number of carboxylic acids is 2. The predicted octanol–water partition coefficient (Wildman–Crippen LogP) is 0.604. The van der Waals surface area contributed by atoms with Gasteiger partial charge in [-0.3, -0.25) is 32.5 Å². The fourth-order valence-electron chi connectivity index (χ4n) is 8.33. The molecule has 1 aliphatic rings. The molecule has 0 radical (unpaired) electrons. The molecule has 1 fully saturated rings. The normalized spacial score (nSPS) is 15.1. The molecule has 19 N–H and O–H groups in total. The van der Waals surface area contributed by atoms with Crippen molar-refractivity contribution >= 4 is 115 Å². The lowest BCUT2D eigenvalue weighted by molar-refractivity contribution is -0.134. The molecule has 9 rings (SSSR count). The van der Waals surface area contributed by atoms with Crippen LogP contribution in [0.1, 0.15) is 54.0 Å². The number of H-pyrrole nitrogens is 1. The average Bonchev–Trinajstić information content (AvgIpc) is 1.63. The summed E-state index contributed by atoms with van der Waals surface area (Å²) in [6.07, 6.45) is 5.28. The van der Waals surface area contributed by atoms with Crippen LogP contribution in [0.4, 0.5) is 33.0 Å². The Bertz CT molecular complexity index is 4260. The number of hydrogen-bond acceptors (Lipinski definition) is 34. The number of imidazole rings is 4. The SMILES string of the molecule is C=C1[C@H](CO)[C@@H](O)C[C@@H]1n1cnc2c(=O)[nH]c(N)nc21.CC(C)OC(=O)OCOP(=O)(CO[C@H](C)Cn1cnc2c(N)ncnc21)OCOC(=O)OC(C)C.C[C@H](Cn1cnc2c(N)ncnc21)OCP(=O)(O)O.Nc1ncnc2c1ncn2CCOCP(=O)(O)O.O.O=C(O)/C=C/C(=O)O. The van der Waals surface area contributed by atoms with E-state index in [1.807, 2.05) is 0 Å². The maximum absolute atomic E-state index is 13.1. The number of aliphatic hydroxyl groups is 2. The van der Waals surface area contributed by atoms with E-state index in [2.05, 4.69) is 66.4 Å². The van der Waals surface area contributed by atoms with E-state index in [-0.39, 0.29) is 66.1 Å². The molecule has 556 valence electrons. The van der Waals surface area contributed by atoms with Gasteiger partial charge in [0.15, 0.2) is 45.6 Å². The third kappa shape index (κ3) is 27.1. The number of nitrogens with zero attached hydrogens (tertiary/aromatic N) is 15. The smallest absolute Gasteiger partial charge is 0.478 e. The number of nitrogen functional groups attached to an aromatic ring is 4. The highest BCUT2D eigenvalue weighted by molar-refractivity contribution is 7.53. The van der Waals surface area contributed by atoms with Gasteiger partial charge in [0.05, 0.1) is 88.2 Å². The summed E-state index contributed by atoms with van der Waals surface area (Å²) in [6.45, 7) is 13.3. The van der Waals surface area contributed by atoms with Crippen molar-refractivity contribution in [2.75, 3.05) is 68.8 Å². The first-order chi connectivity index (χ1) is 47.0. The van der Waals surface area contributed by atoms with Gasteiger partial charge in [0.1, 0.15) is 54.6 Å². The van der Waals surface area contributed by atoms with Gasteiger partial charge in [0.25, 0.3) is 5.56 Å². The summed E-state index contributed by atoms with van der Waals surface area (Å²) in [5.74, 6) is -2.08. The van der Waals surface area contributed by atoms with E-state index >= 15 is 0 Å². The number of aliphatic carboxylic acids is 2. The molecule has 101 heavy (non-hydrogen) atoms. The number of nitrogens with one attached hydrogen (secondary N) is 1. The Hall–Kier alpha value is -9.63. The van der Waals surface area contributed by atoms with Gasteiger partial charge in [-0.05, 0) is 53.5 Å². The maximum Gasteiger partial charge on any atom is 0.510 e. The number of aliphatic hydroxyl groups excluding tert-OH is 2. The lowest BCUT2D eigenvalue weighted by atomic mass is 10.0. The van der Waals surface area contributed by atoms with Crippen molar-refractivity contribution < 1.29 is 121 Å². The van der Waals surface area contributed by atoms with Gasteiger partial charge in [-0.25, -0.2) is 69.0 Å². The molecule has 0 amide bonds. The van der Waals surface area contributed by atoms with Gasteiger partial charge in [-0.15, -0.1) is 0 Å². The minimum atomic E-state index is -4.16. The third-order valence-electron chi connectivity index (χ3n) is 12.7. The Balaban J connectivity index is 0.000000284. The number of aromatic nitrogens is 16. The topological polar surface area (TPSA) is 694 Å². The average molecular weight is 1490 g/mol. The van der Waals surface area contributed by atoms with Crippen LogP contribution in [-0.4, -0.2) is 224 Å². The molecule has 0 saturated heterocycles. The Kier molecular flexibility index (Phi) is 32.2. The second-order valence-corrected chi connectivity index (χ2v) is 26.5. The number of ether oxygens (including phenoxy) is 7. The Labute approximate surface area is 569 Å². The number of carbonyl (C=O) groups excluding carboxylic acids is 2. The van der Waals surface area contributed by atoms with Gasteiger partial charge >= 0.3 is 47.0 Å². The first kappa shape index (κ1) is 83.8. The van der Waals surface area contributed by atoms with Crippen molar-refractivity contribution in [2.24, 2.45) is 5.92 Å². The van der Waals surface area contributed by atoms with E-state index in [4.69, 9.17) is 94.9 Å². The zero-order valence-corrected chi connectivity index (χ0v) is 57.3. The number of fused-ring (bicyclic) bond motifs is 4. The first-order valence-electron chi connectivity index (χ1n) is 29.0. The lowest BCUT2D eigenvalue weighted by Crippen LogP contribution is -2.20. The van der Waals surface area contributed by atoms with Crippen molar-refractivity contribution in [1.82, 2.24) is 78.1 Å². The number of carboxylic acid groups (broad SMARTS) is 2. The molecule has 1 saturated carbocycles. The van der Waals surface area contributed by atoms with E-state index < -0.39 is 116 Å². The molecule has 1 aliphatic carbocycles. The Morgan fingerprint density at radius 1 is 0.634 bits per heavy atom. The molecule has 0 aliphatic heterocycles. The number of rotatable bonds is 27. The maximum atomic E-state index is 13.1.